The molecule has 92 valence electrons. The van der Waals surface area contributed by atoms with E-state index in [0.29, 0.717) is 6.42 Å². The number of hydrogen-bond donors (Lipinski definition) is 0. The normalized spacial score (nSPS) is 11.5. The standard InChI is InChI=1S/C12H20O4/c1-5-8-9-12(4,10(13)15-6-2)11(14)16-7-3/h5,8H,6-7,9H2,1-4H3/b8-5+. The quantitative estimate of drug-likeness (QED) is 0.397. The lowest BCUT2D eigenvalue weighted by atomic mass is 9.86. The molecular formula is C12H20O4. The van der Waals surface area contributed by atoms with Crippen LogP contribution in [0.25, 0.3) is 0 Å². The van der Waals surface area contributed by atoms with Gasteiger partial charge in [-0.3, -0.25) is 9.59 Å². The van der Waals surface area contributed by atoms with Crippen LogP contribution in [0.3, 0.4) is 0 Å². The van der Waals surface area contributed by atoms with Crippen molar-refractivity contribution in [1.82, 2.24) is 0 Å². The Morgan fingerprint density at radius 3 is 1.88 bits per heavy atom. The molecule has 0 aliphatic heterocycles. The summed E-state index contributed by atoms with van der Waals surface area (Å²) < 4.78 is 9.80. The van der Waals surface area contributed by atoms with Gasteiger partial charge in [0.1, 0.15) is 0 Å². The van der Waals surface area contributed by atoms with Gasteiger partial charge in [-0.2, -0.15) is 0 Å². The van der Waals surface area contributed by atoms with Gasteiger partial charge in [0.05, 0.1) is 13.2 Å². The molecule has 0 aromatic heterocycles. The molecule has 0 N–H and O–H groups in total. The summed E-state index contributed by atoms with van der Waals surface area (Å²) in [7, 11) is 0. The molecule has 0 spiro atoms. The topological polar surface area (TPSA) is 52.6 Å². The van der Waals surface area contributed by atoms with Crippen molar-refractivity contribution in [1.29, 1.82) is 0 Å². The number of esters is 2. The molecule has 0 rings (SSSR count). The van der Waals surface area contributed by atoms with E-state index in [0.717, 1.165) is 0 Å². The molecule has 0 atom stereocenters. The number of carbonyl (C=O) groups excluding carboxylic acids is 2. The zero-order chi connectivity index (χ0) is 12.6. The lowest BCUT2D eigenvalue weighted by Crippen LogP contribution is -2.39. The van der Waals surface area contributed by atoms with Crippen molar-refractivity contribution in [2.75, 3.05) is 13.2 Å². The van der Waals surface area contributed by atoms with Crippen molar-refractivity contribution >= 4 is 11.9 Å². The van der Waals surface area contributed by atoms with E-state index >= 15 is 0 Å². The van der Waals surface area contributed by atoms with Crippen LogP contribution in [-0.4, -0.2) is 25.2 Å². The fraction of sp³-hybridized carbons (Fsp3) is 0.667. The van der Waals surface area contributed by atoms with Gasteiger partial charge in [-0.05, 0) is 34.1 Å². The van der Waals surface area contributed by atoms with E-state index in [1.54, 1.807) is 32.9 Å². The van der Waals surface area contributed by atoms with E-state index in [4.69, 9.17) is 9.47 Å². The average Bonchev–Trinajstić information content (AvgIpc) is 2.26. The molecule has 0 heterocycles. The van der Waals surface area contributed by atoms with Crippen LogP contribution >= 0.6 is 0 Å². The summed E-state index contributed by atoms with van der Waals surface area (Å²) in [4.78, 5) is 23.5. The van der Waals surface area contributed by atoms with Gasteiger partial charge in [0, 0.05) is 0 Å². The highest BCUT2D eigenvalue weighted by Gasteiger charge is 2.43. The second-order valence-corrected chi connectivity index (χ2v) is 3.55. The maximum absolute atomic E-state index is 11.7. The predicted octanol–water partition coefficient (Wildman–Crippen LogP) is 2.09. The van der Waals surface area contributed by atoms with E-state index in [2.05, 4.69) is 0 Å². The molecule has 0 aliphatic rings. The third-order valence-corrected chi connectivity index (χ3v) is 2.21. The first-order chi connectivity index (χ1) is 7.52. The van der Waals surface area contributed by atoms with E-state index in [1.807, 2.05) is 6.92 Å². The maximum Gasteiger partial charge on any atom is 0.323 e. The van der Waals surface area contributed by atoms with Crippen molar-refractivity contribution in [2.45, 2.75) is 34.1 Å². The second-order valence-electron chi connectivity index (χ2n) is 3.55. The zero-order valence-electron chi connectivity index (χ0n) is 10.4. The number of carbonyl (C=O) groups is 2. The van der Waals surface area contributed by atoms with Crippen LogP contribution < -0.4 is 0 Å². The maximum atomic E-state index is 11.7. The zero-order valence-corrected chi connectivity index (χ0v) is 10.4. The van der Waals surface area contributed by atoms with Gasteiger partial charge < -0.3 is 9.47 Å². The van der Waals surface area contributed by atoms with E-state index in [9.17, 15) is 9.59 Å². The summed E-state index contributed by atoms with van der Waals surface area (Å²) in [5.41, 5.74) is -1.24. The van der Waals surface area contributed by atoms with Gasteiger partial charge in [0.25, 0.3) is 0 Å². The molecule has 4 heteroatoms. The van der Waals surface area contributed by atoms with Crippen LogP contribution in [0.4, 0.5) is 0 Å². The van der Waals surface area contributed by atoms with Crippen LogP contribution in [0.2, 0.25) is 0 Å². The van der Waals surface area contributed by atoms with Gasteiger partial charge >= 0.3 is 11.9 Å². The molecular weight excluding hydrogens is 208 g/mol. The van der Waals surface area contributed by atoms with Crippen LogP contribution in [0.1, 0.15) is 34.1 Å². The van der Waals surface area contributed by atoms with Crippen LogP contribution in [0.15, 0.2) is 12.2 Å². The smallest absolute Gasteiger partial charge is 0.323 e. The summed E-state index contributed by atoms with van der Waals surface area (Å²) in [6, 6.07) is 0. The molecule has 0 aromatic carbocycles. The Morgan fingerprint density at radius 2 is 1.56 bits per heavy atom. The fourth-order valence-electron chi connectivity index (χ4n) is 1.18. The lowest BCUT2D eigenvalue weighted by molar-refractivity contribution is -0.170. The first-order valence-corrected chi connectivity index (χ1v) is 5.48. The summed E-state index contributed by atoms with van der Waals surface area (Å²) in [6.45, 7) is 7.30. The van der Waals surface area contributed by atoms with Crippen molar-refractivity contribution in [3.63, 3.8) is 0 Å². The Kier molecular flexibility index (Phi) is 6.46. The summed E-state index contributed by atoms with van der Waals surface area (Å²) in [6.07, 6.45) is 3.84. The Morgan fingerprint density at radius 1 is 1.12 bits per heavy atom. The SMILES string of the molecule is C/C=C/CC(C)(C(=O)OCC)C(=O)OCC. The van der Waals surface area contributed by atoms with Gasteiger partial charge in [-0.1, -0.05) is 12.2 Å². The van der Waals surface area contributed by atoms with E-state index < -0.39 is 17.4 Å². The Bertz CT molecular complexity index is 250. The molecule has 0 amide bonds. The van der Waals surface area contributed by atoms with E-state index in [1.165, 1.54) is 0 Å². The first kappa shape index (κ1) is 14.7. The third-order valence-electron chi connectivity index (χ3n) is 2.21. The largest absolute Gasteiger partial charge is 0.465 e. The average molecular weight is 228 g/mol. The van der Waals surface area contributed by atoms with Crippen LogP contribution in [0, 0.1) is 5.41 Å². The van der Waals surface area contributed by atoms with Gasteiger partial charge in [0.2, 0.25) is 0 Å². The number of ether oxygens (including phenoxy) is 2. The minimum atomic E-state index is -1.24. The third kappa shape index (κ3) is 3.68. The highest BCUT2D eigenvalue weighted by molar-refractivity contribution is 5.99. The molecule has 0 fully saturated rings. The van der Waals surface area contributed by atoms with Gasteiger partial charge in [-0.15, -0.1) is 0 Å². The molecule has 0 saturated carbocycles. The molecule has 0 radical (unpaired) electrons. The van der Waals surface area contributed by atoms with Crippen molar-refractivity contribution in [3.8, 4) is 0 Å². The molecule has 16 heavy (non-hydrogen) atoms. The molecule has 0 aliphatic carbocycles. The highest BCUT2D eigenvalue weighted by Crippen LogP contribution is 2.26. The van der Waals surface area contributed by atoms with Crippen LogP contribution in [0.5, 0.6) is 0 Å². The minimum absolute atomic E-state index is 0.254. The van der Waals surface area contributed by atoms with Crippen molar-refractivity contribution in [3.05, 3.63) is 12.2 Å². The first-order valence-electron chi connectivity index (χ1n) is 5.48. The minimum Gasteiger partial charge on any atom is -0.465 e. The summed E-state index contributed by atoms with van der Waals surface area (Å²) >= 11 is 0. The Hall–Kier alpha value is -1.32. The number of allylic oxidation sites excluding steroid dienone is 2. The van der Waals surface area contributed by atoms with Crippen LogP contribution in [-0.2, 0) is 19.1 Å². The summed E-state index contributed by atoms with van der Waals surface area (Å²) in [5.74, 6) is -1.07. The lowest BCUT2D eigenvalue weighted by Gasteiger charge is -2.23. The predicted molar refractivity (Wildman–Crippen MR) is 60.8 cm³/mol. The number of rotatable bonds is 6. The molecule has 0 unspecified atom stereocenters. The Labute approximate surface area is 96.6 Å². The molecule has 0 saturated heterocycles. The van der Waals surface area contributed by atoms with Gasteiger partial charge in [-0.25, -0.2) is 0 Å². The molecule has 4 nitrogen and oxygen atoms in total. The fourth-order valence-corrected chi connectivity index (χ4v) is 1.18. The van der Waals surface area contributed by atoms with Crippen molar-refractivity contribution in [2.24, 2.45) is 5.41 Å². The monoisotopic (exact) mass is 228 g/mol. The number of hydrogen-bond acceptors (Lipinski definition) is 4. The summed E-state index contributed by atoms with van der Waals surface area (Å²) in [5, 5.41) is 0. The van der Waals surface area contributed by atoms with Gasteiger partial charge in [0.15, 0.2) is 5.41 Å². The van der Waals surface area contributed by atoms with Crippen molar-refractivity contribution < 1.29 is 19.1 Å². The second kappa shape index (κ2) is 7.04. The van der Waals surface area contributed by atoms with E-state index in [-0.39, 0.29) is 13.2 Å². The highest BCUT2D eigenvalue weighted by atomic mass is 16.6. The molecule has 0 bridgehead atoms. The Balaban J connectivity index is 4.85. The molecule has 0 aromatic rings.